The van der Waals surface area contributed by atoms with Gasteiger partial charge in [0.05, 0.1) is 21.3 Å². The second-order valence-electron chi connectivity index (χ2n) is 9.00. The van der Waals surface area contributed by atoms with E-state index in [1.54, 1.807) is 28.0 Å². The van der Waals surface area contributed by atoms with Crippen LogP contribution in [0, 0.1) is 0 Å². The lowest BCUT2D eigenvalue weighted by Gasteiger charge is -2.22. The molecular formula is C34H49ClN4OS2. The van der Waals surface area contributed by atoms with Gasteiger partial charge in [0.25, 0.3) is 0 Å². The van der Waals surface area contributed by atoms with Crippen molar-refractivity contribution in [3.63, 3.8) is 0 Å². The summed E-state index contributed by atoms with van der Waals surface area (Å²) in [6.45, 7) is 18.8. The van der Waals surface area contributed by atoms with Gasteiger partial charge in [0.2, 0.25) is 6.41 Å². The molecule has 1 heterocycles. The molecule has 0 saturated heterocycles. The van der Waals surface area contributed by atoms with Crippen LogP contribution in [0.25, 0.3) is 16.1 Å². The number of amides is 1. The van der Waals surface area contributed by atoms with Crippen LogP contribution in [0.4, 0.5) is 5.69 Å². The van der Waals surface area contributed by atoms with E-state index in [2.05, 4.69) is 86.6 Å². The highest BCUT2D eigenvalue weighted by molar-refractivity contribution is 7.98. The largest absolute Gasteiger partial charge is 0.344 e. The number of para-hydroxylation sites is 1. The van der Waals surface area contributed by atoms with Crippen molar-refractivity contribution in [2.24, 2.45) is 5.10 Å². The maximum atomic E-state index is 10.4. The van der Waals surface area contributed by atoms with E-state index >= 15 is 0 Å². The number of nitrogens with one attached hydrogen (secondary N) is 1. The third kappa shape index (κ3) is 12.0. The second kappa shape index (κ2) is 22.0. The molecular weight excluding hydrogens is 580 g/mol. The van der Waals surface area contributed by atoms with Gasteiger partial charge < -0.3 is 10.2 Å². The van der Waals surface area contributed by atoms with Crippen LogP contribution >= 0.6 is 34.7 Å². The number of hydrogen-bond donors (Lipinski definition) is 1. The molecule has 3 rings (SSSR count). The van der Waals surface area contributed by atoms with Gasteiger partial charge in [-0.05, 0) is 74.4 Å². The first-order valence-corrected chi connectivity index (χ1v) is 17.3. The van der Waals surface area contributed by atoms with E-state index in [9.17, 15) is 4.79 Å². The Kier molecular flexibility index (Phi) is 19.6. The molecule has 8 heteroatoms. The summed E-state index contributed by atoms with van der Waals surface area (Å²) in [4.78, 5) is 15.8. The number of halogens is 1. The summed E-state index contributed by atoms with van der Waals surface area (Å²) in [5, 5.41) is 10.1. The third-order valence-electron chi connectivity index (χ3n) is 6.43. The summed E-state index contributed by atoms with van der Waals surface area (Å²) in [6.07, 6.45) is 8.37. The summed E-state index contributed by atoms with van der Waals surface area (Å²) < 4.78 is 0. The van der Waals surface area contributed by atoms with E-state index in [1.165, 1.54) is 15.3 Å². The number of benzene rings is 2. The van der Waals surface area contributed by atoms with E-state index in [1.807, 2.05) is 50.0 Å². The topological polar surface area (TPSA) is 47.9 Å². The number of likely N-dealkylation sites (N-methyl/N-ethyl adjacent to an activating group) is 1. The van der Waals surface area contributed by atoms with Crippen molar-refractivity contribution >= 4 is 59.2 Å². The summed E-state index contributed by atoms with van der Waals surface area (Å²) in [5.41, 5.74) is 3.05. The van der Waals surface area contributed by atoms with Crippen molar-refractivity contribution in [1.29, 1.82) is 0 Å². The van der Waals surface area contributed by atoms with Crippen LogP contribution in [-0.4, -0.2) is 50.0 Å². The van der Waals surface area contributed by atoms with Crippen LogP contribution < -0.4 is 10.3 Å². The highest BCUT2D eigenvalue weighted by Gasteiger charge is 2.17. The summed E-state index contributed by atoms with van der Waals surface area (Å²) in [7, 11) is 0. The molecule has 5 nitrogen and oxygen atoms in total. The molecule has 0 saturated carbocycles. The predicted molar refractivity (Wildman–Crippen MR) is 190 cm³/mol. The van der Waals surface area contributed by atoms with Gasteiger partial charge in [-0.15, -0.1) is 23.1 Å². The van der Waals surface area contributed by atoms with Gasteiger partial charge in [-0.25, -0.2) is 5.01 Å². The number of thiophene rings is 1. The van der Waals surface area contributed by atoms with Crippen LogP contribution in [0.15, 0.2) is 76.7 Å². The lowest BCUT2D eigenvalue weighted by atomic mass is 10.2. The molecule has 0 aliphatic carbocycles. The molecule has 0 bridgehead atoms. The Hall–Kier alpha value is -2.58. The summed E-state index contributed by atoms with van der Waals surface area (Å²) >= 11 is 9.91. The minimum absolute atomic E-state index is 0.602. The molecule has 0 atom stereocenters. The molecule has 0 spiro atoms. The number of carbonyl (C=O) groups is 1. The maximum Gasteiger partial charge on any atom is 0.209 e. The molecule has 230 valence electrons. The Morgan fingerprint density at radius 3 is 2.36 bits per heavy atom. The Bertz CT molecular complexity index is 1210. The van der Waals surface area contributed by atoms with E-state index in [0.717, 1.165) is 61.6 Å². The predicted octanol–water partition coefficient (Wildman–Crippen LogP) is 9.93. The van der Waals surface area contributed by atoms with E-state index < -0.39 is 0 Å². The fourth-order valence-corrected chi connectivity index (χ4v) is 5.78. The first-order chi connectivity index (χ1) is 20.5. The van der Waals surface area contributed by atoms with Gasteiger partial charge in [0.15, 0.2) is 0 Å². The molecule has 1 aromatic heterocycles. The lowest BCUT2D eigenvalue weighted by molar-refractivity contribution is -0.117. The van der Waals surface area contributed by atoms with Gasteiger partial charge in [0.1, 0.15) is 0 Å². The van der Waals surface area contributed by atoms with Gasteiger partial charge in [-0.3, -0.25) is 4.79 Å². The van der Waals surface area contributed by atoms with Gasteiger partial charge in [0, 0.05) is 42.2 Å². The molecule has 2 aromatic carbocycles. The summed E-state index contributed by atoms with van der Waals surface area (Å²) in [6, 6.07) is 21.2. The first kappa shape index (κ1) is 37.4. The van der Waals surface area contributed by atoms with Gasteiger partial charge in [-0.1, -0.05) is 76.6 Å². The van der Waals surface area contributed by atoms with Gasteiger partial charge >= 0.3 is 0 Å². The quantitative estimate of drug-likeness (QED) is 0.0787. The van der Waals surface area contributed by atoms with Crippen LogP contribution in [0.2, 0.25) is 5.02 Å². The smallest absolute Gasteiger partial charge is 0.209 e. The number of hydrogen-bond acceptors (Lipinski definition) is 6. The Balaban J connectivity index is 0.000000498. The Morgan fingerprint density at radius 2 is 1.79 bits per heavy atom. The minimum Gasteiger partial charge on any atom is -0.344 e. The van der Waals surface area contributed by atoms with Crippen molar-refractivity contribution < 1.29 is 4.79 Å². The molecule has 0 fully saturated rings. The maximum absolute atomic E-state index is 10.4. The number of nitrogens with zero attached hydrogens (tertiary/aromatic N) is 3. The Labute approximate surface area is 268 Å². The summed E-state index contributed by atoms with van der Waals surface area (Å²) in [5.74, 6) is 0. The van der Waals surface area contributed by atoms with Crippen molar-refractivity contribution in [3.05, 3.63) is 76.6 Å². The number of hydrazone groups is 1. The molecule has 3 aromatic rings. The second-order valence-corrected chi connectivity index (χ2v) is 11.4. The fourth-order valence-electron chi connectivity index (χ4n) is 4.07. The number of rotatable bonds is 15. The number of thioether (sulfide) groups is 1. The zero-order valence-electron chi connectivity index (χ0n) is 26.4. The zero-order chi connectivity index (χ0) is 31.3. The highest BCUT2D eigenvalue weighted by atomic mass is 35.5. The SMILES string of the molecule is C=NN(/C(=C\CC)c1ccc(-c2cccc(SC)c2)s1)c1ccccc1Cl.CC.CCC(CC)NCCN(C=O)CC. The van der Waals surface area contributed by atoms with Crippen molar-refractivity contribution in [2.45, 2.75) is 71.7 Å². The van der Waals surface area contributed by atoms with Crippen LogP contribution in [-0.2, 0) is 4.79 Å². The van der Waals surface area contributed by atoms with E-state index in [-0.39, 0.29) is 0 Å². The average molecular weight is 629 g/mol. The standard InChI is InChI=1S/C22H21ClN2S2.C10H22N2O.C2H6/c1-4-8-20(25(24-2)19-12-6-5-11-18(19)23)22-14-13-21(27-22)16-9-7-10-17(15-16)26-3;1-4-10(5-2)11-7-8-12(6-3)9-13;1-2/h5-15H,2,4H2,1,3H3;9-11H,4-8H2,1-3H3;1-2H3/b20-8-;;. The highest BCUT2D eigenvalue weighted by Crippen LogP contribution is 2.38. The molecule has 0 unspecified atom stereocenters. The van der Waals surface area contributed by atoms with Gasteiger partial charge in [-0.2, -0.15) is 5.10 Å². The fraction of sp³-hybridized carbons (Fsp3) is 0.412. The van der Waals surface area contributed by atoms with E-state index in [0.29, 0.717) is 11.1 Å². The van der Waals surface area contributed by atoms with Crippen molar-refractivity contribution in [3.8, 4) is 10.4 Å². The molecule has 0 radical (unpaired) electrons. The first-order valence-electron chi connectivity index (χ1n) is 14.8. The van der Waals surface area contributed by atoms with Crippen LogP contribution in [0.5, 0.6) is 0 Å². The normalized spacial score (nSPS) is 10.7. The van der Waals surface area contributed by atoms with Crippen molar-refractivity contribution in [2.75, 3.05) is 30.9 Å². The monoisotopic (exact) mass is 628 g/mol. The zero-order valence-corrected chi connectivity index (χ0v) is 28.8. The molecule has 42 heavy (non-hydrogen) atoms. The van der Waals surface area contributed by atoms with Crippen LogP contribution in [0.1, 0.15) is 65.7 Å². The Morgan fingerprint density at radius 1 is 1.07 bits per heavy atom. The lowest BCUT2D eigenvalue weighted by Crippen LogP contribution is -2.36. The average Bonchev–Trinajstić information content (AvgIpc) is 3.53. The molecule has 0 aliphatic rings. The van der Waals surface area contributed by atoms with Crippen LogP contribution in [0.3, 0.4) is 0 Å². The van der Waals surface area contributed by atoms with E-state index in [4.69, 9.17) is 11.6 Å². The van der Waals surface area contributed by atoms with Crippen molar-refractivity contribution in [1.82, 2.24) is 10.2 Å². The third-order valence-corrected chi connectivity index (χ3v) is 8.64. The molecule has 1 N–H and O–H groups in total. The molecule has 0 aliphatic heterocycles. The molecule has 1 amide bonds. The number of anilines is 1. The number of carbonyl (C=O) groups excluding carboxylic acids is 1. The minimum atomic E-state index is 0.602. The number of allylic oxidation sites excluding steroid dienone is 1.